The number of carbonyl (C=O) groups is 1. The van der Waals surface area contributed by atoms with E-state index < -0.39 is 32.7 Å². The molecule has 0 unspecified atom stereocenters. The van der Waals surface area contributed by atoms with E-state index in [4.69, 9.17) is 27.9 Å². The smallest absolute Gasteiger partial charge is 0.417 e. The van der Waals surface area contributed by atoms with Gasteiger partial charge in [-0.15, -0.1) is 0 Å². The van der Waals surface area contributed by atoms with Gasteiger partial charge in [-0.2, -0.15) is 13.2 Å². The number of benzene rings is 3. The molecule has 0 bridgehead atoms. The number of ether oxygens (including phenoxy) is 1. The lowest BCUT2D eigenvalue weighted by atomic mass is 10.2. The normalized spacial score (nSPS) is 11.7. The molecule has 12 heteroatoms. The Hall–Kier alpha value is -2.95. The monoisotopic (exact) mass is 532 g/mol. The Morgan fingerprint density at radius 1 is 1.00 bits per heavy atom. The van der Waals surface area contributed by atoms with Crippen LogP contribution in [-0.2, 0) is 16.2 Å². The van der Waals surface area contributed by atoms with Gasteiger partial charge in [-0.1, -0.05) is 23.2 Å². The third kappa shape index (κ3) is 6.13. The molecule has 0 aliphatic heterocycles. The number of hydrogen-bond donors (Lipinski definition) is 2. The molecule has 1 amide bonds. The van der Waals surface area contributed by atoms with E-state index >= 15 is 0 Å². The number of amides is 1. The zero-order chi connectivity index (χ0) is 25.1. The van der Waals surface area contributed by atoms with Crippen molar-refractivity contribution >= 4 is 50.5 Å². The summed E-state index contributed by atoms with van der Waals surface area (Å²) < 4.78 is 72.6. The molecule has 0 atom stereocenters. The van der Waals surface area contributed by atoms with E-state index in [1.54, 1.807) is 6.92 Å². The van der Waals surface area contributed by atoms with Crippen LogP contribution in [0.2, 0.25) is 10.0 Å². The number of carbonyl (C=O) groups excluding carboxylic acids is 1. The van der Waals surface area contributed by atoms with Crippen molar-refractivity contribution in [3.05, 3.63) is 81.8 Å². The highest BCUT2D eigenvalue weighted by Gasteiger charge is 2.33. The van der Waals surface area contributed by atoms with Gasteiger partial charge >= 0.3 is 6.18 Å². The summed E-state index contributed by atoms with van der Waals surface area (Å²) in [6, 6.07) is 12.3. The second kappa shape index (κ2) is 10.1. The molecule has 3 aromatic carbocycles. The molecule has 34 heavy (non-hydrogen) atoms. The van der Waals surface area contributed by atoms with Crippen molar-refractivity contribution in [2.75, 3.05) is 16.6 Å². The van der Waals surface area contributed by atoms with Gasteiger partial charge in [0.1, 0.15) is 5.75 Å². The topological polar surface area (TPSA) is 84.5 Å². The average molecular weight is 533 g/mol. The SMILES string of the molecule is CCOc1ccc(S(=O)(=O)Nc2ccc(Cl)c(C(F)(F)F)c2)cc1NC(=O)c1ccc(Cl)cc1. The minimum absolute atomic E-state index is 0.0526. The van der Waals surface area contributed by atoms with Gasteiger partial charge in [0.15, 0.2) is 0 Å². The van der Waals surface area contributed by atoms with Crippen LogP contribution >= 0.6 is 23.2 Å². The first-order valence-corrected chi connectivity index (χ1v) is 11.9. The lowest BCUT2D eigenvalue weighted by Crippen LogP contribution is -2.16. The number of nitrogens with one attached hydrogen (secondary N) is 2. The third-order valence-corrected chi connectivity index (χ3v) is 6.40. The van der Waals surface area contributed by atoms with Crippen LogP contribution < -0.4 is 14.8 Å². The van der Waals surface area contributed by atoms with Gasteiger partial charge in [-0.25, -0.2) is 8.42 Å². The summed E-state index contributed by atoms with van der Waals surface area (Å²) in [5, 5.41) is 2.44. The number of halogens is 5. The number of alkyl halides is 3. The summed E-state index contributed by atoms with van der Waals surface area (Å²) in [5.74, 6) is -0.345. The summed E-state index contributed by atoms with van der Waals surface area (Å²) >= 11 is 11.4. The molecular weight excluding hydrogens is 516 g/mol. The van der Waals surface area contributed by atoms with Gasteiger partial charge < -0.3 is 10.1 Å². The first-order chi connectivity index (χ1) is 15.9. The highest BCUT2D eigenvalue weighted by Crippen LogP contribution is 2.37. The molecule has 2 N–H and O–H groups in total. The van der Waals surface area contributed by atoms with Gasteiger partial charge in [0.05, 0.1) is 27.8 Å². The molecule has 0 aliphatic carbocycles. The zero-order valence-corrected chi connectivity index (χ0v) is 19.7. The molecule has 0 aliphatic rings. The van der Waals surface area contributed by atoms with Crippen LogP contribution in [0.5, 0.6) is 5.75 Å². The molecule has 0 fully saturated rings. The van der Waals surface area contributed by atoms with E-state index in [9.17, 15) is 26.4 Å². The molecule has 3 rings (SSSR count). The maximum absolute atomic E-state index is 13.1. The number of anilines is 2. The summed E-state index contributed by atoms with van der Waals surface area (Å²) in [6.45, 7) is 1.94. The first-order valence-electron chi connectivity index (χ1n) is 9.64. The van der Waals surface area contributed by atoms with Gasteiger partial charge in [0.2, 0.25) is 0 Å². The quantitative estimate of drug-likeness (QED) is 0.365. The first kappa shape index (κ1) is 25.7. The molecule has 0 heterocycles. The van der Waals surface area contributed by atoms with Gasteiger partial charge in [0.25, 0.3) is 15.9 Å². The third-order valence-electron chi connectivity index (χ3n) is 4.44. The fraction of sp³-hybridized carbons (Fsp3) is 0.136. The van der Waals surface area contributed by atoms with E-state index in [2.05, 4.69) is 10.0 Å². The fourth-order valence-electron chi connectivity index (χ4n) is 2.87. The highest BCUT2D eigenvalue weighted by molar-refractivity contribution is 7.92. The molecule has 0 saturated carbocycles. The van der Waals surface area contributed by atoms with Crippen LogP contribution in [-0.4, -0.2) is 20.9 Å². The maximum atomic E-state index is 13.1. The van der Waals surface area contributed by atoms with Crippen LogP contribution in [0.1, 0.15) is 22.8 Å². The summed E-state index contributed by atoms with van der Waals surface area (Å²) in [4.78, 5) is 12.3. The Labute approximate surface area is 203 Å². The van der Waals surface area contributed by atoms with Gasteiger partial charge in [-0.3, -0.25) is 9.52 Å². The summed E-state index contributed by atoms with van der Waals surface area (Å²) in [5.41, 5.74) is -1.20. The van der Waals surface area contributed by atoms with E-state index in [0.717, 1.165) is 18.2 Å². The lowest BCUT2D eigenvalue weighted by molar-refractivity contribution is -0.137. The second-order valence-corrected chi connectivity index (χ2v) is 9.38. The highest BCUT2D eigenvalue weighted by atomic mass is 35.5. The Morgan fingerprint density at radius 3 is 2.29 bits per heavy atom. The van der Waals surface area contributed by atoms with Crippen molar-refractivity contribution in [1.29, 1.82) is 0 Å². The summed E-state index contributed by atoms with van der Waals surface area (Å²) in [7, 11) is -4.33. The zero-order valence-electron chi connectivity index (χ0n) is 17.4. The molecule has 3 aromatic rings. The average Bonchev–Trinajstić information content (AvgIpc) is 2.76. The van der Waals surface area contributed by atoms with Crippen molar-refractivity contribution in [1.82, 2.24) is 0 Å². The van der Waals surface area contributed by atoms with Crippen LogP contribution in [0.4, 0.5) is 24.5 Å². The van der Waals surface area contributed by atoms with Gasteiger partial charge in [0, 0.05) is 16.3 Å². The lowest BCUT2D eigenvalue weighted by Gasteiger charge is -2.15. The summed E-state index contributed by atoms with van der Waals surface area (Å²) in [6.07, 6.45) is -4.77. The fourth-order valence-corrected chi connectivity index (χ4v) is 4.30. The van der Waals surface area contributed by atoms with Crippen LogP contribution in [0.15, 0.2) is 65.6 Å². The minimum Gasteiger partial charge on any atom is -0.492 e. The van der Waals surface area contributed by atoms with Crippen molar-refractivity contribution in [2.45, 2.75) is 18.0 Å². The Balaban J connectivity index is 1.93. The molecule has 0 aromatic heterocycles. The standard InChI is InChI=1S/C22H17Cl2F3N2O4S/c1-2-33-20-10-8-16(12-19(20)28-21(30)13-3-5-14(23)6-4-13)34(31,32)29-15-7-9-18(24)17(11-15)22(25,26)27/h3-12,29H,2H2,1H3,(H,28,30). The Bertz CT molecular complexity index is 1310. The van der Waals surface area contributed by atoms with E-state index in [0.29, 0.717) is 11.1 Å². The largest absolute Gasteiger partial charge is 0.492 e. The van der Waals surface area contributed by atoms with Gasteiger partial charge in [-0.05, 0) is 67.6 Å². The number of sulfonamides is 1. The predicted octanol–water partition coefficient (Wildman–Crippen LogP) is 6.46. The van der Waals surface area contributed by atoms with Crippen LogP contribution in [0.25, 0.3) is 0 Å². The van der Waals surface area contributed by atoms with Crippen molar-refractivity contribution in [3.8, 4) is 5.75 Å². The number of hydrogen-bond acceptors (Lipinski definition) is 4. The molecule has 0 saturated heterocycles. The number of rotatable bonds is 7. The minimum atomic E-state index is -4.77. The van der Waals surface area contributed by atoms with E-state index in [1.807, 2.05) is 0 Å². The van der Waals surface area contributed by atoms with E-state index in [-0.39, 0.29) is 34.2 Å². The van der Waals surface area contributed by atoms with Crippen LogP contribution in [0.3, 0.4) is 0 Å². The van der Waals surface area contributed by atoms with E-state index in [1.165, 1.54) is 36.4 Å². The molecule has 0 spiro atoms. The molecule has 0 radical (unpaired) electrons. The molecular formula is C22H17Cl2F3N2O4S. The predicted molar refractivity (Wildman–Crippen MR) is 124 cm³/mol. The van der Waals surface area contributed by atoms with Crippen molar-refractivity contribution in [2.24, 2.45) is 0 Å². The molecule has 180 valence electrons. The second-order valence-electron chi connectivity index (χ2n) is 6.85. The van der Waals surface area contributed by atoms with Crippen LogP contribution in [0, 0.1) is 0 Å². The Kier molecular flexibility index (Phi) is 7.64. The maximum Gasteiger partial charge on any atom is 0.417 e. The van der Waals surface area contributed by atoms with Crippen molar-refractivity contribution < 1.29 is 31.1 Å². The van der Waals surface area contributed by atoms with Crippen molar-refractivity contribution in [3.63, 3.8) is 0 Å². The molecule has 6 nitrogen and oxygen atoms in total. The Morgan fingerprint density at radius 2 is 1.68 bits per heavy atom.